The predicted octanol–water partition coefficient (Wildman–Crippen LogP) is 7.36. The summed E-state index contributed by atoms with van der Waals surface area (Å²) in [7, 11) is -8.94. The van der Waals surface area contributed by atoms with Gasteiger partial charge >= 0.3 is 0 Å². The van der Waals surface area contributed by atoms with Crippen molar-refractivity contribution in [1.29, 1.82) is 0 Å². The number of nitrogens with zero attached hydrogens (tertiary/aromatic N) is 3. The summed E-state index contributed by atoms with van der Waals surface area (Å²) in [5, 5.41) is 8.84. The third kappa shape index (κ3) is 7.89. The van der Waals surface area contributed by atoms with Crippen LogP contribution in [-0.4, -0.2) is 41.2 Å². The van der Waals surface area contributed by atoms with Crippen molar-refractivity contribution in [2.75, 3.05) is 0 Å². The maximum Gasteiger partial charge on any atom is 0.295 e. The van der Waals surface area contributed by atoms with E-state index in [1.165, 1.54) is 34.4 Å². The first-order chi connectivity index (χ1) is 21.4. The number of aromatic nitrogens is 2. The van der Waals surface area contributed by atoms with Crippen LogP contribution in [0.1, 0.15) is 11.1 Å². The Balaban J connectivity index is 0.000000194. The number of fused-ring (bicyclic) bond motifs is 2. The van der Waals surface area contributed by atoms with Crippen molar-refractivity contribution in [2.24, 2.45) is 5.16 Å². The molecule has 0 saturated heterocycles. The molecule has 0 amide bonds. The molecule has 15 heteroatoms. The van der Waals surface area contributed by atoms with Gasteiger partial charge < -0.3 is 9.40 Å². The van der Waals surface area contributed by atoms with Gasteiger partial charge in [0.1, 0.15) is 22.1 Å². The summed E-state index contributed by atoms with van der Waals surface area (Å²) in [6.45, 7) is 0.883. The van der Waals surface area contributed by atoms with Crippen molar-refractivity contribution >= 4 is 81.3 Å². The summed E-state index contributed by atoms with van der Waals surface area (Å²) in [6.07, 6.45) is 5.32. The lowest BCUT2D eigenvalue weighted by molar-refractivity contribution is 0.131. The van der Waals surface area contributed by atoms with Crippen LogP contribution in [0.5, 0.6) is 0 Å². The molecule has 0 fully saturated rings. The van der Waals surface area contributed by atoms with Crippen LogP contribution >= 0.6 is 34.5 Å². The molecule has 6 aromatic rings. The molecular weight excluding hydrogens is 681 g/mol. The molecule has 0 bridgehead atoms. The van der Waals surface area contributed by atoms with E-state index in [0.717, 1.165) is 23.3 Å². The fraction of sp³-hybridized carbons (Fsp3) is 0.0667. The van der Waals surface area contributed by atoms with Crippen molar-refractivity contribution in [3.8, 4) is 0 Å². The van der Waals surface area contributed by atoms with E-state index in [2.05, 4.69) is 27.7 Å². The van der Waals surface area contributed by atoms with Crippen LogP contribution in [0.25, 0.3) is 20.9 Å². The van der Waals surface area contributed by atoms with Crippen molar-refractivity contribution < 1.29 is 30.8 Å². The zero-order chi connectivity index (χ0) is 32.2. The third-order valence-electron chi connectivity index (χ3n) is 6.49. The second-order valence-corrected chi connectivity index (χ2v) is 14.0. The molecule has 45 heavy (non-hydrogen) atoms. The maximum absolute atomic E-state index is 11.2. The number of benzene rings is 4. The number of imidazole rings is 1. The highest BCUT2D eigenvalue weighted by molar-refractivity contribution is 7.86. The van der Waals surface area contributed by atoms with E-state index in [0.29, 0.717) is 28.9 Å². The number of oxime groups is 1. The van der Waals surface area contributed by atoms with Gasteiger partial charge in [-0.3, -0.25) is 9.11 Å². The molecular formula is C30H23Cl2N3O7S3. The van der Waals surface area contributed by atoms with E-state index in [4.69, 9.17) is 37.1 Å². The van der Waals surface area contributed by atoms with Gasteiger partial charge in [-0.2, -0.15) is 16.8 Å². The van der Waals surface area contributed by atoms with Crippen molar-refractivity contribution in [3.05, 3.63) is 124 Å². The zero-order valence-electron chi connectivity index (χ0n) is 23.0. The molecule has 2 N–H and O–H groups in total. The SMILES string of the molecule is Clc1ccc(/C(Cn2ccnc2)=N/OCc2csc3ccccc23)c(Cl)c1.O=S(=O)(O)c1cccc2c(S(=O)(=O)O)cccc12. The Morgan fingerprint density at radius 3 is 2.11 bits per heavy atom. The Morgan fingerprint density at radius 2 is 1.51 bits per heavy atom. The zero-order valence-corrected chi connectivity index (χ0v) is 26.9. The van der Waals surface area contributed by atoms with Crippen molar-refractivity contribution in [2.45, 2.75) is 22.9 Å². The van der Waals surface area contributed by atoms with Gasteiger partial charge in [0.15, 0.2) is 0 Å². The molecule has 2 aromatic heterocycles. The van der Waals surface area contributed by atoms with Crippen LogP contribution < -0.4 is 0 Å². The lowest BCUT2D eigenvalue weighted by Crippen LogP contribution is -2.12. The Morgan fingerprint density at radius 1 is 0.867 bits per heavy atom. The molecule has 0 aliphatic rings. The van der Waals surface area contributed by atoms with Crippen LogP contribution in [0.4, 0.5) is 0 Å². The summed E-state index contributed by atoms with van der Waals surface area (Å²) >= 11 is 14.1. The minimum atomic E-state index is -4.47. The number of hydrogen-bond donors (Lipinski definition) is 2. The highest BCUT2D eigenvalue weighted by Gasteiger charge is 2.19. The first-order valence-corrected chi connectivity index (χ1v) is 17.4. The molecule has 10 nitrogen and oxygen atoms in total. The van der Waals surface area contributed by atoms with E-state index >= 15 is 0 Å². The van der Waals surface area contributed by atoms with Crippen molar-refractivity contribution in [1.82, 2.24) is 9.55 Å². The van der Waals surface area contributed by atoms with Gasteiger partial charge in [0.2, 0.25) is 0 Å². The standard InChI is InChI=1S/C20H15Cl2N3OS.C10H8O6S2/c21-15-5-6-17(18(22)9-15)19(10-25-8-7-23-13-25)24-26-11-14-12-27-20-4-2-1-3-16(14)20;11-17(12,13)9-5-1-3-7-8(9)4-2-6-10(7)18(14,15)16/h1-9,12-13H,10-11H2;1-6H,(H,11,12,13)(H,14,15,16)/b24-19+;. The Kier molecular flexibility index (Phi) is 9.89. The van der Waals surface area contributed by atoms with Crippen LogP contribution in [0.15, 0.2) is 118 Å². The lowest BCUT2D eigenvalue weighted by Gasteiger charge is -2.10. The maximum atomic E-state index is 11.2. The minimum Gasteiger partial charge on any atom is -0.391 e. The summed E-state index contributed by atoms with van der Waals surface area (Å²) < 4.78 is 65.8. The average molecular weight is 705 g/mol. The number of hydrogen-bond acceptors (Lipinski definition) is 8. The Hall–Kier alpha value is -3.82. The molecule has 232 valence electrons. The molecule has 2 heterocycles. The van der Waals surface area contributed by atoms with E-state index in [-0.39, 0.29) is 10.8 Å². The highest BCUT2D eigenvalue weighted by Crippen LogP contribution is 2.29. The minimum absolute atomic E-state index is 0.0233. The van der Waals surface area contributed by atoms with Gasteiger partial charge in [-0.05, 0) is 47.2 Å². The first-order valence-electron chi connectivity index (χ1n) is 12.9. The van der Waals surface area contributed by atoms with Crippen molar-refractivity contribution in [3.63, 3.8) is 0 Å². The van der Waals surface area contributed by atoms with Gasteiger partial charge in [0, 0.05) is 44.0 Å². The monoisotopic (exact) mass is 703 g/mol. The molecule has 6 rings (SSSR count). The van der Waals surface area contributed by atoms with Crippen LogP contribution in [0.2, 0.25) is 10.0 Å². The normalized spacial score (nSPS) is 12.2. The van der Waals surface area contributed by atoms with Crippen LogP contribution in [-0.2, 0) is 38.2 Å². The molecule has 0 atom stereocenters. The predicted molar refractivity (Wildman–Crippen MR) is 175 cm³/mol. The van der Waals surface area contributed by atoms with E-state index < -0.39 is 30.0 Å². The summed E-state index contributed by atoms with van der Waals surface area (Å²) in [5.74, 6) is 0. The topological polar surface area (TPSA) is 148 Å². The quantitative estimate of drug-likeness (QED) is 0.0949. The fourth-order valence-electron chi connectivity index (χ4n) is 4.47. The van der Waals surface area contributed by atoms with E-state index in [1.54, 1.807) is 36.0 Å². The number of halogens is 2. The smallest absolute Gasteiger partial charge is 0.295 e. The van der Waals surface area contributed by atoms with Gasteiger partial charge in [-0.25, -0.2) is 4.98 Å². The van der Waals surface area contributed by atoms with Crippen LogP contribution in [0.3, 0.4) is 0 Å². The van der Waals surface area contributed by atoms with Gasteiger partial charge in [0.05, 0.1) is 17.9 Å². The Bertz CT molecular complexity index is 2160. The highest BCUT2D eigenvalue weighted by atomic mass is 35.5. The molecule has 0 spiro atoms. The van der Waals surface area contributed by atoms with Gasteiger partial charge in [0.25, 0.3) is 20.2 Å². The largest absolute Gasteiger partial charge is 0.391 e. The van der Waals surface area contributed by atoms with E-state index in [9.17, 15) is 16.8 Å². The molecule has 0 aliphatic heterocycles. The summed E-state index contributed by atoms with van der Waals surface area (Å²) in [6, 6.07) is 21.1. The molecule has 0 unspecified atom stereocenters. The third-order valence-corrected chi connectivity index (χ3v) is 9.87. The number of rotatable bonds is 8. The summed E-state index contributed by atoms with van der Waals surface area (Å²) in [4.78, 5) is 8.96. The average Bonchev–Trinajstić information content (AvgIpc) is 3.66. The second-order valence-electron chi connectivity index (χ2n) is 9.49. The second kappa shape index (κ2) is 13.7. The first kappa shape index (κ1) is 32.6. The number of thiophene rings is 1. The molecule has 4 aromatic carbocycles. The summed E-state index contributed by atoms with van der Waals surface area (Å²) in [5.41, 5.74) is 2.60. The Labute approximate surface area is 272 Å². The fourth-order valence-corrected chi connectivity index (χ4v) is 7.34. The van der Waals surface area contributed by atoms with Crippen LogP contribution in [0, 0.1) is 0 Å². The van der Waals surface area contributed by atoms with E-state index in [1.807, 2.05) is 29.0 Å². The molecule has 0 radical (unpaired) electrons. The lowest BCUT2D eigenvalue weighted by atomic mass is 10.1. The molecule has 0 aliphatic carbocycles. The van der Waals surface area contributed by atoms with Gasteiger partial charge in [-0.15, -0.1) is 11.3 Å². The van der Waals surface area contributed by atoms with Gasteiger partial charge in [-0.1, -0.05) is 70.8 Å². The molecule has 0 saturated carbocycles.